The summed E-state index contributed by atoms with van der Waals surface area (Å²) in [7, 11) is 0. The summed E-state index contributed by atoms with van der Waals surface area (Å²) >= 11 is 0. The normalized spacial score (nSPS) is 10.5. The highest BCUT2D eigenvalue weighted by molar-refractivity contribution is 5.77. The van der Waals surface area contributed by atoms with Crippen molar-refractivity contribution >= 4 is 17.0 Å². The maximum Gasteiger partial charge on any atom is 0.257 e. The molecule has 0 bridgehead atoms. The highest BCUT2D eigenvalue weighted by Crippen LogP contribution is 2.14. The van der Waals surface area contributed by atoms with Crippen LogP contribution in [-0.4, -0.2) is 24.0 Å². The zero-order chi connectivity index (χ0) is 15.2. The van der Waals surface area contributed by atoms with Crippen LogP contribution >= 0.6 is 0 Å². The minimum atomic E-state index is -0.133. The largest absolute Gasteiger partial charge is 0.484 e. The standard InChI is InChI=1S/C17H16N2O3/c20-17(11-21-14-4-2-1-3-5-14)18-9-8-13-6-7-16-15(10-13)19-12-22-16/h1-7,10,12H,8-9,11H2,(H,18,20). The number of ether oxygens (including phenoxy) is 1. The fourth-order valence-electron chi connectivity index (χ4n) is 2.12. The number of oxazole rings is 1. The molecule has 5 heteroatoms. The molecule has 0 spiro atoms. The van der Waals surface area contributed by atoms with Gasteiger partial charge in [-0.25, -0.2) is 4.98 Å². The molecule has 3 aromatic rings. The van der Waals surface area contributed by atoms with Crippen LogP contribution in [0.4, 0.5) is 0 Å². The molecule has 0 saturated heterocycles. The van der Waals surface area contributed by atoms with Crippen molar-refractivity contribution in [3.63, 3.8) is 0 Å². The smallest absolute Gasteiger partial charge is 0.257 e. The van der Waals surface area contributed by atoms with Gasteiger partial charge in [0.15, 0.2) is 18.6 Å². The summed E-state index contributed by atoms with van der Waals surface area (Å²) in [5, 5.41) is 2.84. The summed E-state index contributed by atoms with van der Waals surface area (Å²) < 4.78 is 10.6. The molecule has 1 N–H and O–H groups in total. The fraction of sp³-hybridized carbons (Fsp3) is 0.176. The average Bonchev–Trinajstić information content (AvgIpc) is 3.02. The predicted octanol–water partition coefficient (Wildman–Crippen LogP) is 2.57. The second kappa shape index (κ2) is 6.76. The molecule has 1 heterocycles. The second-order valence-corrected chi connectivity index (χ2v) is 4.86. The zero-order valence-electron chi connectivity index (χ0n) is 12.0. The van der Waals surface area contributed by atoms with Crippen LogP contribution in [0.3, 0.4) is 0 Å². The summed E-state index contributed by atoms with van der Waals surface area (Å²) in [6, 6.07) is 15.1. The summed E-state index contributed by atoms with van der Waals surface area (Å²) in [6.07, 6.45) is 2.16. The van der Waals surface area contributed by atoms with Crippen LogP contribution < -0.4 is 10.1 Å². The molecule has 0 atom stereocenters. The van der Waals surface area contributed by atoms with Crippen LogP contribution in [0.1, 0.15) is 5.56 Å². The second-order valence-electron chi connectivity index (χ2n) is 4.86. The molecule has 0 aliphatic heterocycles. The Kier molecular flexibility index (Phi) is 4.34. The molecule has 0 saturated carbocycles. The van der Waals surface area contributed by atoms with Crippen LogP contribution in [-0.2, 0) is 11.2 Å². The van der Waals surface area contributed by atoms with Crippen molar-refractivity contribution in [2.45, 2.75) is 6.42 Å². The van der Waals surface area contributed by atoms with E-state index in [0.29, 0.717) is 12.3 Å². The lowest BCUT2D eigenvalue weighted by Crippen LogP contribution is -2.30. The van der Waals surface area contributed by atoms with E-state index >= 15 is 0 Å². The fourth-order valence-corrected chi connectivity index (χ4v) is 2.12. The molecule has 0 aliphatic carbocycles. The van der Waals surface area contributed by atoms with Gasteiger partial charge in [-0.1, -0.05) is 24.3 Å². The average molecular weight is 296 g/mol. The van der Waals surface area contributed by atoms with E-state index in [2.05, 4.69) is 10.3 Å². The quantitative estimate of drug-likeness (QED) is 0.759. The van der Waals surface area contributed by atoms with E-state index in [4.69, 9.17) is 9.15 Å². The highest BCUT2D eigenvalue weighted by Gasteiger charge is 2.04. The highest BCUT2D eigenvalue weighted by atomic mass is 16.5. The lowest BCUT2D eigenvalue weighted by Gasteiger charge is -2.07. The van der Waals surface area contributed by atoms with Crippen LogP contribution in [0.25, 0.3) is 11.1 Å². The van der Waals surface area contributed by atoms with E-state index in [1.165, 1.54) is 6.39 Å². The number of fused-ring (bicyclic) bond motifs is 1. The minimum absolute atomic E-state index is 0.0202. The third kappa shape index (κ3) is 3.63. The maximum atomic E-state index is 11.7. The molecule has 1 amide bonds. The summed E-state index contributed by atoms with van der Waals surface area (Å²) in [6.45, 7) is 0.576. The van der Waals surface area contributed by atoms with Gasteiger partial charge in [0.1, 0.15) is 11.3 Å². The molecular weight excluding hydrogens is 280 g/mol. The molecule has 1 aromatic heterocycles. The zero-order valence-corrected chi connectivity index (χ0v) is 12.0. The molecule has 0 radical (unpaired) electrons. The molecule has 0 unspecified atom stereocenters. The van der Waals surface area contributed by atoms with Gasteiger partial charge in [-0.05, 0) is 36.2 Å². The van der Waals surface area contributed by atoms with Crippen molar-refractivity contribution in [3.05, 3.63) is 60.5 Å². The van der Waals surface area contributed by atoms with Crippen LogP contribution in [0.2, 0.25) is 0 Å². The number of hydrogen-bond donors (Lipinski definition) is 1. The molecule has 22 heavy (non-hydrogen) atoms. The number of carbonyl (C=O) groups excluding carboxylic acids is 1. The Morgan fingerprint density at radius 1 is 1.18 bits per heavy atom. The van der Waals surface area contributed by atoms with Gasteiger partial charge in [0.25, 0.3) is 5.91 Å². The number of aromatic nitrogens is 1. The molecule has 0 aliphatic rings. The van der Waals surface area contributed by atoms with Gasteiger partial charge >= 0.3 is 0 Å². The lowest BCUT2D eigenvalue weighted by atomic mass is 10.1. The Morgan fingerprint density at radius 3 is 2.91 bits per heavy atom. The van der Waals surface area contributed by atoms with Gasteiger partial charge in [-0.3, -0.25) is 4.79 Å². The van der Waals surface area contributed by atoms with Crippen LogP contribution in [0.15, 0.2) is 59.3 Å². The first-order valence-corrected chi connectivity index (χ1v) is 7.08. The number of para-hydroxylation sites is 1. The van der Waals surface area contributed by atoms with E-state index in [0.717, 1.165) is 23.1 Å². The van der Waals surface area contributed by atoms with Gasteiger partial charge in [-0.2, -0.15) is 0 Å². The Morgan fingerprint density at radius 2 is 2.05 bits per heavy atom. The minimum Gasteiger partial charge on any atom is -0.484 e. The Bertz CT molecular complexity index is 753. The van der Waals surface area contributed by atoms with Crippen molar-refractivity contribution < 1.29 is 13.9 Å². The summed E-state index contributed by atoms with van der Waals surface area (Å²) in [4.78, 5) is 15.8. The SMILES string of the molecule is O=C(COc1ccccc1)NCCc1ccc2ocnc2c1. The number of hydrogen-bond acceptors (Lipinski definition) is 4. The number of rotatable bonds is 6. The first-order valence-electron chi connectivity index (χ1n) is 7.08. The Hall–Kier alpha value is -2.82. The van der Waals surface area contributed by atoms with Gasteiger partial charge < -0.3 is 14.5 Å². The third-order valence-electron chi connectivity index (χ3n) is 3.24. The number of nitrogens with zero attached hydrogens (tertiary/aromatic N) is 1. The molecule has 112 valence electrons. The van der Waals surface area contributed by atoms with Crippen LogP contribution in [0, 0.1) is 0 Å². The third-order valence-corrected chi connectivity index (χ3v) is 3.24. The first kappa shape index (κ1) is 14.1. The number of carbonyl (C=O) groups is 1. The van der Waals surface area contributed by atoms with Crippen molar-refractivity contribution in [3.8, 4) is 5.75 Å². The predicted molar refractivity (Wildman–Crippen MR) is 82.7 cm³/mol. The molecule has 0 fully saturated rings. The molecule has 2 aromatic carbocycles. The topological polar surface area (TPSA) is 64.4 Å². The van der Waals surface area contributed by atoms with E-state index in [1.807, 2.05) is 48.5 Å². The Labute approximate surface area is 127 Å². The maximum absolute atomic E-state index is 11.7. The van der Waals surface area contributed by atoms with Crippen molar-refractivity contribution in [1.82, 2.24) is 10.3 Å². The van der Waals surface area contributed by atoms with E-state index in [1.54, 1.807) is 0 Å². The van der Waals surface area contributed by atoms with Crippen molar-refractivity contribution in [1.29, 1.82) is 0 Å². The van der Waals surface area contributed by atoms with E-state index in [-0.39, 0.29) is 12.5 Å². The van der Waals surface area contributed by atoms with Crippen molar-refractivity contribution in [2.24, 2.45) is 0 Å². The van der Waals surface area contributed by atoms with Crippen molar-refractivity contribution in [2.75, 3.05) is 13.2 Å². The van der Waals surface area contributed by atoms with Gasteiger partial charge in [0.2, 0.25) is 0 Å². The number of amides is 1. The molecular formula is C17H16N2O3. The van der Waals surface area contributed by atoms with Gasteiger partial charge in [0.05, 0.1) is 0 Å². The molecule has 3 rings (SSSR count). The number of benzene rings is 2. The first-order chi connectivity index (χ1) is 10.8. The monoisotopic (exact) mass is 296 g/mol. The van der Waals surface area contributed by atoms with Gasteiger partial charge in [-0.15, -0.1) is 0 Å². The molecule has 5 nitrogen and oxygen atoms in total. The van der Waals surface area contributed by atoms with E-state index in [9.17, 15) is 4.79 Å². The van der Waals surface area contributed by atoms with Crippen LogP contribution in [0.5, 0.6) is 5.75 Å². The number of nitrogens with one attached hydrogen (secondary N) is 1. The summed E-state index contributed by atoms with van der Waals surface area (Å²) in [5.41, 5.74) is 2.70. The van der Waals surface area contributed by atoms with Gasteiger partial charge in [0, 0.05) is 6.54 Å². The summed E-state index contributed by atoms with van der Waals surface area (Å²) in [5.74, 6) is 0.556. The van der Waals surface area contributed by atoms with E-state index < -0.39 is 0 Å². The Balaban J connectivity index is 1.43. The lowest BCUT2D eigenvalue weighted by molar-refractivity contribution is -0.123.